The molecule has 0 aromatic carbocycles. The monoisotopic (exact) mass is 745 g/mol. The molecule has 0 aliphatic rings. The van der Waals surface area contributed by atoms with Gasteiger partial charge in [-0.1, -0.05) is 173 Å². The molecule has 0 spiro atoms. The zero-order valence-electron chi connectivity index (χ0n) is 36.0. The van der Waals surface area contributed by atoms with E-state index < -0.39 is 0 Å². The number of hydrogen-bond acceptors (Lipinski definition) is 5. The first-order valence-corrected chi connectivity index (χ1v) is 23.4. The third-order valence-corrected chi connectivity index (χ3v) is 10.4. The molecule has 0 bridgehead atoms. The van der Waals surface area contributed by atoms with Gasteiger partial charge in [0.15, 0.2) is 0 Å². The normalized spacial score (nSPS) is 12.2. The van der Waals surface area contributed by atoms with E-state index >= 15 is 0 Å². The molecule has 0 atom stereocenters. The fourth-order valence-electron chi connectivity index (χ4n) is 6.87. The van der Waals surface area contributed by atoms with E-state index in [1.54, 1.807) is 0 Å². The first kappa shape index (κ1) is 51.6. The Kier molecular flexibility index (Phi) is 43.7. The van der Waals surface area contributed by atoms with Crippen molar-refractivity contribution >= 4 is 5.97 Å². The maximum Gasteiger partial charge on any atom is 0.325 e. The van der Waals surface area contributed by atoms with Crippen LogP contribution in [0.1, 0.15) is 226 Å². The Morgan fingerprint density at radius 2 is 0.755 bits per heavy atom. The molecule has 0 aliphatic heterocycles. The smallest absolute Gasteiger partial charge is 0.325 e. The Morgan fingerprint density at radius 3 is 1.19 bits per heavy atom. The minimum atomic E-state index is -0.0744. The Morgan fingerprint density at radius 1 is 0.415 bits per heavy atom. The van der Waals surface area contributed by atoms with E-state index in [0.29, 0.717) is 6.42 Å². The Hall–Kier alpha value is -1.43. The fraction of sp³-hybridized carbons (Fsp3) is 0.854. The van der Waals surface area contributed by atoms with Gasteiger partial charge < -0.3 is 14.8 Å². The third kappa shape index (κ3) is 41.6. The summed E-state index contributed by atoms with van der Waals surface area (Å²) in [6, 6.07) is 0. The second-order valence-electron chi connectivity index (χ2n) is 15.6. The minimum absolute atomic E-state index is 0.0744. The summed E-state index contributed by atoms with van der Waals surface area (Å²) in [5, 5.41) is 11.5. The number of carbonyl (C=O) groups is 1. The molecule has 0 heterocycles. The molecule has 0 amide bonds. The summed E-state index contributed by atoms with van der Waals surface area (Å²) in [5.74, 6) is -0.0744. The Balaban J connectivity index is 3.95. The van der Waals surface area contributed by atoms with Crippen LogP contribution in [0, 0.1) is 0 Å². The van der Waals surface area contributed by atoms with E-state index in [2.05, 4.69) is 62.1 Å². The highest BCUT2D eigenvalue weighted by atomic mass is 16.7. The van der Waals surface area contributed by atoms with Crippen molar-refractivity contribution in [1.29, 1.82) is 0 Å². The van der Waals surface area contributed by atoms with Crippen LogP contribution in [0.15, 0.2) is 36.5 Å². The average Bonchev–Trinajstić information content (AvgIpc) is 3.16. The molecule has 1 N–H and O–H groups in total. The van der Waals surface area contributed by atoms with Gasteiger partial charge >= 0.3 is 5.97 Å². The number of aliphatic hydroxyl groups excluding tert-OH is 1. The van der Waals surface area contributed by atoms with Crippen LogP contribution in [-0.4, -0.2) is 60.4 Å². The van der Waals surface area contributed by atoms with Crippen molar-refractivity contribution in [2.45, 2.75) is 226 Å². The van der Waals surface area contributed by atoms with Crippen LogP contribution in [0.4, 0.5) is 0 Å². The topological polar surface area (TPSA) is 53.0 Å². The molecule has 0 rings (SSSR count). The Labute approximate surface area is 331 Å². The number of allylic oxidation sites excluding steroid dienone is 4. The molecule has 0 saturated heterocycles. The molecule has 5 nitrogen and oxygen atoms in total. The summed E-state index contributed by atoms with van der Waals surface area (Å²) in [6.07, 6.45) is 53.2. The third-order valence-electron chi connectivity index (χ3n) is 10.4. The van der Waals surface area contributed by atoms with Crippen molar-refractivity contribution in [2.75, 3.05) is 39.3 Å². The van der Waals surface area contributed by atoms with Gasteiger partial charge in [0.1, 0.15) is 0 Å². The van der Waals surface area contributed by atoms with E-state index in [0.717, 1.165) is 71.2 Å². The number of rotatable bonds is 43. The van der Waals surface area contributed by atoms with Crippen LogP contribution in [-0.2, 0) is 9.63 Å². The standard InChI is InChI=1S/C48H92N2O3/c1-4-7-10-13-16-17-18-19-20-21-22-23-24-29-32-37-42-49(46-47-51)43-38-33-30-25-26-31-36-41-48(52)53-50(44-39-34-27-14-11-8-5-2)45-40-35-28-15-12-9-6-3/h19-20,27-28,34-35,51H,4-18,21-26,29-33,36-47H2,1-3H3/b20-19-,34-27-,35-28-. The van der Waals surface area contributed by atoms with Crippen LogP contribution in [0.25, 0.3) is 0 Å². The highest BCUT2D eigenvalue weighted by molar-refractivity contribution is 5.68. The van der Waals surface area contributed by atoms with Gasteiger partial charge in [0.2, 0.25) is 0 Å². The average molecular weight is 745 g/mol. The van der Waals surface area contributed by atoms with Crippen LogP contribution >= 0.6 is 0 Å². The molecule has 0 fully saturated rings. The van der Waals surface area contributed by atoms with Gasteiger partial charge in [0, 0.05) is 26.1 Å². The highest BCUT2D eigenvalue weighted by Crippen LogP contribution is 2.13. The predicted molar refractivity (Wildman–Crippen MR) is 233 cm³/mol. The highest BCUT2D eigenvalue weighted by Gasteiger charge is 2.11. The maximum absolute atomic E-state index is 12.7. The van der Waals surface area contributed by atoms with Crippen molar-refractivity contribution in [3.05, 3.63) is 36.5 Å². The molecule has 0 saturated carbocycles. The predicted octanol–water partition coefficient (Wildman–Crippen LogP) is 14.3. The van der Waals surface area contributed by atoms with Gasteiger partial charge in [-0.25, -0.2) is 0 Å². The van der Waals surface area contributed by atoms with E-state index in [1.165, 1.54) is 161 Å². The second kappa shape index (κ2) is 45.0. The second-order valence-corrected chi connectivity index (χ2v) is 15.6. The van der Waals surface area contributed by atoms with Gasteiger partial charge in [0.05, 0.1) is 6.61 Å². The first-order valence-electron chi connectivity index (χ1n) is 23.4. The first-order chi connectivity index (χ1) is 26.2. The maximum atomic E-state index is 12.7. The minimum Gasteiger partial charge on any atom is -0.395 e. The molecule has 0 aliphatic carbocycles. The molecule has 312 valence electrons. The van der Waals surface area contributed by atoms with Crippen molar-refractivity contribution in [2.24, 2.45) is 0 Å². The lowest BCUT2D eigenvalue weighted by atomic mass is 10.1. The largest absolute Gasteiger partial charge is 0.395 e. The molecule has 5 heteroatoms. The van der Waals surface area contributed by atoms with E-state index in [-0.39, 0.29) is 12.6 Å². The molecule has 0 radical (unpaired) electrons. The summed E-state index contributed by atoms with van der Waals surface area (Å²) >= 11 is 0. The number of hydrogen-bond donors (Lipinski definition) is 1. The van der Waals surface area contributed by atoms with Crippen LogP contribution in [0.2, 0.25) is 0 Å². The van der Waals surface area contributed by atoms with Crippen molar-refractivity contribution < 1.29 is 14.7 Å². The number of unbranched alkanes of at least 4 members (excludes halogenated alkanes) is 24. The van der Waals surface area contributed by atoms with E-state index in [9.17, 15) is 9.90 Å². The van der Waals surface area contributed by atoms with Gasteiger partial charge in [-0.3, -0.25) is 4.79 Å². The lowest BCUT2D eigenvalue weighted by Gasteiger charge is -2.21. The number of hydroxylamine groups is 2. The van der Waals surface area contributed by atoms with Crippen LogP contribution in [0.3, 0.4) is 0 Å². The van der Waals surface area contributed by atoms with Gasteiger partial charge in [-0.15, -0.1) is 5.06 Å². The van der Waals surface area contributed by atoms with Crippen LogP contribution in [0.5, 0.6) is 0 Å². The fourth-order valence-corrected chi connectivity index (χ4v) is 6.87. The summed E-state index contributed by atoms with van der Waals surface area (Å²) in [7, 11) is 0. The van der Waals surface area contributed by atoms with Gasteiger partial charge in [-0.05, 0) is 96.6 Å². The zero-order valence-corrected chi connectivity index (χ0v) is 36.0. The molecular weight excluding hydrogens is 653 g/mol. The van der Waals surface area contributed by atoms with Gasteiger partial charge in [0.25, 0.3) is 0 Å². The molecule has 0 aromatic rings. The van der Waals surface area contributed by atoms with Gasteiger partial charge in [-0.2, -0.15) is 0 Å². The van der Waals surface area contributed by atoms with Crippen molar-refractivity contribution in [3.63, 3.8) is 0 Å². The number of aliphatic hydroxyl groups is 1. The summed E-state index contributed by atoms with van der Waals surface area (Å²) < 4.78 is 0. The van der Waals surface area contributed by atoms with Crippen molar-refractivity contribution in [3.8, 4) is 0 Å². The Bertz CT molecular complexity index is 787. The van der Waals surface area contributed by atoms with Crippen molar-refractivity contribution in [1.82, 2.24) is 9.96 Å². The molecule has 0 unspecified atom stereocenters. The van der Waals surface area contributed by atoms with E-state index in [1.807, 2.05) is 5.06 Å². The molecular formula is C48H92N2O3. The van der Waals surface area contributed by atoms with E-state index in [4.69, 9.17) is 4.84 Å². The lowest BCUT2D eigenvalue weighted by Crippen LogP contribution is -2.29. The number of nitrogens with zero attached hydrogens (tertiary/aromatic N) is 2. The number of carbonyl (C=O) groups excluding carboxylic acids is 1. The zero-order chi connectivity index (χ0) is 38.6. The van der Waals surface area contributed by atoms with Crippen LogP contribution < -0.4 is 0 Å². The summed E-state index contributed by atoms with van der Waals surface area (Å²) in [6.45, 7) is 11.6. The summed E-state index contributed by atoms with van der Waals surface area (Å²) in [5.41, 5.74) is 0. The quantitative estimate of drug-likeness (QED) is 0.0383. The summed E-state index contributed by atoms with van der Waals surface area (Å²) in [4.78, 5) is 21.0. The molecule has 53 heavy (non-hydrogen) atoms. The molecule has 0 aromatic heterocycles. The SMILES string of the molecule is CCCCC/C=C\CCN(CC/C=C\CCCCC)OC(=O)CCCCCCCCCN(CCO)CCCCCCCC/C=C\CCCCCCCC. The lowest BCUT2D eigenvalue weighted by molar-refractivity contribution is -0.190.